The molecular formula is C21H18BrClN4O2. The number of amides is 2. The number of carbonyl (C=O) groups is 2. The first-order valence-corrected chi connectivity index (χ1v) is 10.4. The number of hydrogen-bond donors (Lipinski definition) is 1. The molecule has 3 aromatic rings. The molecule has 1 aliphatic heterocycles. The predicted octanol–water partition coefficient (Wildman–Crippen LogP) is 4.73. The highest BCUT2D eigenvalue weighted by atomic mass is 79.9. The Morgan fingerprint density at radius 3 is 2.69 bits per heavy atom. The fourth-order valence-corrected chi connectivity index (χ4v) is 3.76. The second kappa shape index (κ2) is 8.39. The smallest absolute Gasteiger partial charge is 0.256 e. The average molecular weight is 474 g/mol. The minimum absolute atomic E-state index is 0.0250. The van der Waals surface area contributed by atoms with Crippen LogP contribution in [0.25, 0.3) is 0 Å². The van der Waals surface area contributed by atoms with Crippen molar-refractivity contribution in [2.24, 2.45) is 0 Å². The highest BCUT2D eigenvalue weighted by Gasteiger charge is 2.24. The summed E-state index contributed by atoms with van der Waals surface area (Å²) in [5.41, 5.74) is 2.07. The Bertz CT molecular complexity index is 1060. The van der Waals surface area contributed by atoms with Gasteiger partial charge in [0.2, 0.25) is 5.91 Å². The molecular weight excluding hydrogens is 456 g/mol. The van der Waals surface area contributed by atoms with Crippen molar-refractivity contribution in [1.29, 1.82) is 0 Å². The molecule has 0 atom stereocenters. The van der Waals surface area contributed by atoms with E-state index in [4.69, 9.17) is 11.6 Å². The van der Waals surface area contributed by atoms with Crippen LogP contribution in [0.3, 0.4) is 0 Å². The van der Waals surface area contributed by atoms with Crippen LogP contribution in [-0.4, -0.2) is 28.1 Å². The van der Waals surface area contributed by atoms with Crippen LogP contribution in [-0.2, 0) is 11.3 Å². The van der Waals surface area contributed by atoms with E-state index in [9.17, 15) is 9.59 Å². The van der Waals surface area contributed by atoms with Gasteiger partial charge >= 0.3 is 0 Å². The molecule has 2 heterocycles. The maximum Gasteiger partial charge on any atom is 0.256 e. The molecule has 0 unspecified atom stereocenters. The third kappa shape index (κ3) is 4.36. The zero-order valence-corrected chi connectivity index (χ0v) is 17.8. The normalized spacial score (nSPS) is 13.7. The summed E-state index contributed by atoms with van der Waals surface area (Å²) in [5, 5.41) is 7.65. The molecule has 1 fully saturated rings. The maximum absolute atomic E-state index is 12.8. The number of aromatic nitrogens is 2. The topological polar surface area (TPSA) is 67.2 Å². The first-order chi connectivity index (χ1) is 14.0. The van der Waals surface area contributed by atoms with Crippen LogP contribution in [0.15, 0.2) is 59.2 Å². The summed E-state index contributed by atoms with van der Waals surface area (Å²) in [6.45, 7) is 1.15. The van der Waals surface area contributed by atoms with Crippen LogP contribution >= 0.6 is 27.5 Å². The van der Waals surface area contributed by atoms with Crippen molar-refractivity contribution in [3.05, 3.63) is 75.4 Å². The van der Waals surface area contributed by atoms with Gasteiger partial charge in [0.25, 0.3) is 5.91 Å². The zero-order valence-electron chi connectivity index (χ0n) is 15.4. The second-order valence-corrected chi connectivity index (χ2v) is 8.09. The number of nitrogens with zero attached hydrogens (tertiary/aromatic N) is 3. The van der Waals surface area contributed by atoms with Gasteiger partial charge in [-0.2, -0.15) is 5.10 Å². The van der Waals surface area contributed by atoms with Crippen molar-refractivity contribution in [3.8, 4) is 0 Å². The van der Waals surface area contributed by atoms with Crippen molar-refractivity contribution in [3.63, 3.8) is 0 Å². The maximum atomic E-state index is 12.8. The van der Waals surface area contributed by atoms with E-state index in [0.29, 0.717) is 41.6 Å². The Hall–Kier alpha value is -2.64. The van der Waals surface area contributed by atoms with Gasteiger partial charge in [-0.05, 0) is 42.3 Å². The quantitative estimate of drug-likeness (QED) is 0.583. The fourth-order valence-electron chi connectivity index (χ4n) is 3.28. The standard InChI is InChI=1S/C21H18BrClN4O2/c22-16-6-3-14(4-7-16)13-27-19(9-10-24-27)25-21(29)15-5-8-17(23)18(12-15)26-11-1-2-20(26)28/h3-10,12H,1-2,11,13H2,(H,25,29). The first kappa shape index (κ1) is 19.7. The molecule has 29 heavy (non-hydrogen) atoms. The van der Waals surface area contributed by atoms with Gasteiger partial charge in [-0.1, -0.05) is 39.7 Å². The number of anilines is 2. The highest BCUT2D eigenvalue weighted by Crippen LogP contribution is 2.30. The van der Waals surface area contributed by atoms with Crippen molar-refractivity contribution in [1.82, 2.24) is 9.78 Å². The van der Waals surface area contributed by atoms with Gasteiger partial charge in [0.15, 0.2) is 0 Å². The molecule has 2 amide bonds. The van der Waals surface area contributed by atoms with Crippen LogP contribution < -0.4 is 10.2 Å². The summed E-state index contributed by atoms with van der Waals surface area (Å²) < 4.78 is 2.73. The average Bonchev–Trinajstić information content (AvgIpc) is 3.33. The Labute approximate surface area is 181 Å². The van der Waals surface area contributed by atoms with Gasteiger partial charge in [-0.25, -0.2) is 4.68 Å². The summed E-state index contributed by atoms with van der Waals surface area (Å²) in [5.74, 6) is 0.329. The van der Waals surface area contributed by atoms with E-state index in [1.807, 2.05) is 24.3 Å². The molecule has 1 N–H and O–H groups in total. The van der Waals surface area contributed by atoms with Gasteiger partial charge in [-0.15, -0.1) is 0 Å². The van der Waals surface area contributed by atoms with Gasteiger partial charge in [0.1, 0.15) is 5.82 Å². The molecule has 0 bridgehead atoms. The first-order valence-electron chi connectivity index (χ1n) is 9.19. The van der Waals surface area contributed by atoms with E-state index in [0.717, 1.165) is 16.5 Å². The minimum Gasteiger partial charge on any atom is -0.311 e. The Morgan fingerprint density at radius 1 is 1.17 bits per heavy atom. The van der Waals surface area contributed by atoms with Crippen LogP contribution in [0.4, 0.5) is 11.5 Å². The van der Waals surface area contributed by atoms with E-state index in [1.54, 1.807) is 40.0 Å². The van der Waals surface area contributed by atoms with E-state index in [1.165, 1.54) is 0 Å². The predicted molar refractivity (Wildman–Crippen MR) is 116 cm³/mol. The lowest BCUT2D eigenvalue weighted by atomic mass is 10.1. The third-order valence-electron chi connectivity index (χ3n) is 4.78. The second-order valence-electron chi connectivity index (χ2n) is 6.77. The van der Waals surface area contributed by atoms with E-state index in [2.05, 4.69) is 26.3 Å². The Kier molecular flexibility index (Phi) is 5.69. The van der Waals surface area contributed by atoms with E-state index < -0.39 is 0 Å². The SMILES string of the molecule is O=C(Nc1ccnn1Cc1ccc(Br)cc1)c1ccc(Cl)c(N2CCCC2=O)c1. The number of hydrogen-bond acceptors (Lipinski definition) is 3. The molecule has 6 nitrogen and oxygen atoms in total. The van der Waals surface area contributed by atoms with Crippen molar-refractivity contribution in [2.45, 2.75) is 19.4 Å². The van der Waals surface area contributed by atoms with E-state index in [-0.39, 0.29) is 11.8 Å². The van der Waals surface area contributed by atoms with Crippen molar-refractivity contribution >= 4 is 50.9 Å². The summed E-state index contributed by atoms with van der Waals surface area (Å²) >= 11 is 9.69. The summed E-state index contributed by atoms with van der Waals surface area (Å²) in [6, 6.07) is 14.6. The minimum atomic E-state index is -0.285. The molecule has 148 valence electrons. The van der Waals surface area contributed by atoms with Crippen LogP contribution in [0, 0.1) is 0 Å². The lowest BCUT2D eigenvalue weighted by molar-refractivity contribution is -0.117. The largest absolute Gasteiger partial charge is 0.311 e. The van der Waals surface area contributed by atoms with Gasteiger partial charge < -0.3 is 10.2 Å². The summed E-state index contributed by atoms with van der Waals surface area (Å²) in [6.07, 6.45) is 2.94. The zero-order chi connectivity index (χ0) is 20.4. The molecule has 2 aromatic carbocycles. The molecule has 1 aromatic heterocycles. The molecule has 0 aliphatic carbocycles. The lowest BCUT2D eigenvalue weighted by Gasteiger charge is -2.18. The van der Waals surface area contributed by atoms with Gasteiger partial charge in [0.05, 0.1) is 23.5 Å². The summed E-state index contributed by atoms with van der Waals surface area (Å²) in [7, 11) is 0. The molecule has 8 heteroatoms. The summed E-state index contributed by atoms with van der Waals surface area (Å²) in [4.78, 5) is 26.5. The number of nitrogens with one attached hydrogen (secondary N) is 1. The van der Waals surface area contributed by atoms with Crippen LogP contribution in [0.2, 0.25) is 5.02 Å². The van der Waals surface area contributed by atoms with Gasteiger partial charge in [0, 0.05) is 29.1 Å². The molecule has 1 saturated heterocycles. The number of rotatable bonds is 5. The van der Waals surface area contributed by atoms with Crippen molar-refractivity contribution < 1.29 is 9.59 Å². The number of benzene rings is 2. The molecule has 0 spiro atoms. The van der Waals surface area contributed by atoms with Crippen LogP contribution in [0.1, 0.15) is 28.8 Å². The van der Waals surface area contributed by atoms with Gasteiger partial charge in [-0.3, -0.25) is 9.59 Å². The van der Waals surface area contributed by atoms with Crippen LogP contribution in [0.5, 0.6) is 0 Å². The molecule has 1 aliphatic rings. The number of halogens is 2. The molecule has 4 rings (SSSR count). The highest BCUT2D eigenvalue weighted by molar-refractivity contribution is 9.10. The lowest BCUT2D eigenvalue weighted by Crippen LogP contribution is -2.24. The Morgan fingerprint density at radius 2 is 1.97 bits per heavy atom. The monoisotopic (exact) mass is 472 g/mol. The molecule has 0 saturated carbocycles. The van der Waals surface area contributed by atoms with E-state index >= 15 is 0 Å². The number of carbonyl (C=O) groups excluding carboxylic acids is 2. The molecule has 0 radical (unpaired) electrons. The third-order valence-corrected chi connectivity index (χ3v) is 5.62. The van der Waals surface area contributed by atoms with Crippen molar-refractivity contribution in [2.75, 3.05) is 16.8 Å². The fraction of sp³-hybridized carbons (Fsp3) is 0.190. The Balaban J connectivity index is 1.52.